The first kappa shape index (κ1) is 13.5. The van der Waals surface area contributed by atoms with Gasteiger partial charge in [0.05, 0.1) is 12.2 Å². The third-order valence-electron chi connectivity index (χ3n) is 3.85. The van der Waals surface area contributed by atoms with E-state index >= 15 is 0 Å². The molecule has 0 spiro atoms. The third-order valence-corrected chi connectivity index (χ3v) is 4.10. The lowest BCUT2D eigenvalue weighted by molar-refractivity contribution is 0.716. The van der Waals surface area contributed by atoms with Crippen LogP contribution in [0.2, 0.25) is 5.02 Å². The first-order chi connectivity index (χ1) is 9.70. The van der Waals surface area contributed by atoms with Gasteiger partial charge in [0, 0.05) is 17.3 Å². The van der Waals surface area contributed by atoms with E-state index in [-0.39, 0.29) is 0 Å². The summed E-state index contributed by atoms with van der Waals surface area (Å²) in [7, 11) is 0. The van der Waals surface area contributed by atoms with Gasteiger partial charge in [-0.2, -0.15) is 0 Å². The number of hydrogen-bond acceptors (Lipinski definition) is 2. The van der Waals surface area contributed by atoms with E-state index < -0.39 is 0 Å². The number of rotatable bonds is 4. The predicted octanol–water partition coefficient (Wildman–Crippen LogP) is 4.25. The van der Waals surface area contributed by atoms with Gasteiger partial charge in [0.25, 0.3) is 0 Å². The van der Waals surface area contributed by atoms with Crippen LogP contribution in [0.4, 0.5) is 5.95 Å². The van der Waals surface area contributed by atoms with Crippen LogP contribution in [-0.4, -0.2) is 15.6 Å². The first-order valence-corrected chi connectivity index (χ1v) is 7.63. The fraction of sp³-hybridized carbons (Fsp3) is 0.438. The Labute approximate surface area is 125 Å². The lowest BCUT2D eigenvalue weighted by Crippen LogP contribution is -2.18. The van der Waals surface area contributed by atoms with Crippen LogP contribution in [0.15, 0.2) is 30.5 Å². The van der Waals surface area contributed by atoms with E-state index in [1.54, 1.807) is 0 Å². The molecule has 1 aliphatic carbocycles. The molecular weight excluding hydrogens is 270 g/mol. The summed E-state index contributed by atoms with van der Waals surface area (Å²) in [6, 6.07) is 8.59. The highest BCUT2D eigenvalue weighted by atomic mass is 35.5. The van der Waals surface area contributed by atoms with E-state index in [1.165, 1.54) is 31.2 Å². The minimum absolute atomic E-state index is 0.584. The molecule has 0 amide bonds. The van der Waals surface area contributed by atoms with Gasteiger partial charge in [0.2, 0.25) is 5.95 Å². The zero-order valence-electron chi connectivity index (χ0n) is 11.8. The fourth-order valence-corrected chi connectivity index (χ4v) is 2.95. The van der Waals surface area contributed by atoms with Crippen LogP contribution in [0.3, 0.4) is 0 Å². The Morgan fingerprint density at radius 2 is 1.95 bits per heavy atom. The molecule has 106 valence electrons. The lowest BCUT2D eigenvalue weighted by Gasteiger charge is -2.14. The van der Waals surface area contributed by atoms with Gasteiger partial charge in [-0.25, -0.2) is 4.98 Å². The molecule has 1 N–H and O–H groups in total. The summed E-state index contributed by atoms with van der Waals surface area (Å²) in [5, 5.41) is 4.37. The van der Waals surface area contributed by atoms with E-state index in [9.17, 15) is 0 Å². The quantitative estimate of drug-likeness (QED) is 0.912. The predicted molar refractivity (Wildman–Crippen MR) is 83.4 cm³/mol. The van der Waals surface area contributed by atoms with Crippen LogP contribution in [0, 0.1) is 6.92 Å². The number of aromatic nitrogens is 2. The van der Waals surface area contributed by atoms with Gasteiger partial charge in [-0.1, -0.05) is 36.6 Å². The summed E-state index contributed by atoms with van der Waals surface area (Å²) in [5.41, 5.74) is 2.29. The van der Waals surface area contributed by atoms with Crippen LogP contribution < -0.4 is 5.32 Å². The average Bonchev–Trinajstić information content (AvgIpc) is 3.03. The zero-order chi connectivity index (χ0) is 13.9. The van der Waals surface area contributed by atoms with Crippen molar-refractivity contribution in [3.8, 4) is 0 Å². The normalized spacial score (nSPS) is 15.7. The molecule has 1 fully saturated rings. The largest absolute Gasteiger partial charge is 0.353 e. The highest BCUT2D eigenvalue weighted by molar-refractivity contribution is 6.30. The minimum Gasteiger partial charge on any atom is -0.353 e. The van der Waals surface area contributed by atoms with Gasteiger partial charge >= 0.3 is 0 Å². The lowest BCUT2D eigenvalue weighted by atomic mass is 10.2. The van der Waals surface area contributed by atoms with Crippen molar-refractivity contribution in [2.24, 2.45) is 0 Å². The molecule has 0 aliphatic heterocycles. The summed E-state index contributed by atoms with van der Waals surface area (Å²) in [6.07, 6.45) is 7.27. The number of halogens is 1. The second kappa shape index (κ2) is 5.88. The molecule has 2 aromatic rings. The van der Waals surface area contributed by atoms with E-state index in [0.717, 1.165) is 23.2 Å². The molecule has 3 rings (SSSR count). The van der Waals surface area contributed by atoms with Crippen LogP contribution in [-0.2, 0) is 6.54 Å². The highest BCUT2D eigenvalue weighted by Crippen LogP contribution is 2.22. The molecule has 0 bridgehead atoms. The first-order valence-electron chi connectivity index (χ1n) is 7.25. The monoisotopic (exact) mass is 289 g/mol. The molecular formula is C16H20ClN3. The Balaban J connectivity index is 1.76. The number of nitrogens with one attached hydrogen (secondary N) is 1. The van der Waals surface area contributed by atoms with E-state index in [0.29, 0.717) is 6.04 Å². The molecule has 0 atom stereocenters. The zero-order valence-corrected chi connectivity index (χ0v) is 12.5. The van der Waals surface area contributed by atoms with Crippen molar-refractivity contribution in [3.05, 3.63) is 46.7 Å². The highest BCUT2D eigenvalue weighted by Gasteiger charge is 2.17. The summed E-state index contributed by atoms with van der Waals surface area (Å²) in [6.45, 7) is 2.87. The number of anilines is 1. The SMILES string of the molecule is Cc1cn(Cc2ccc(Cl)cc2)c(NC2CCCC2)n1. The third kappa shape index (κ3) is 3.15. The molecule has 0 radical (unpaired) electrons. The van der Waals surface area contributed by atoms with E-state index in [2.05, 4.69) is 33.2 Å². The minimum atomic E-state index is 0.584. The smallest absolute Gasteiger partial charge is 0.203 e. The average molecular weight is 290 g/mol. The molecule has 0 unspecified atom stereocenters. The van der Waals surface area contributed by atoms with Crippen molar-refractivity contribution in [2.45, 2.75) is 45.2 Å². The van der Waals surface area contributed by atoms with Crippen molar-refractivity contribution in [1.82, 2.24) is 9.55 Å². The van der Waals surface area contributed by atoms with Crippen LogP contribution >= 0.6 is 11.6 Å². The van der Waals surface area contributed by atoms with Gasteiger partial charge in [0.1, 0.15) is 0 Å². The van der Waals surface area contributed by atoms with Crippen molar-refractivity contribution >= 4 is 17.5 Å². The molecule has 4 heteroatoms. The van der Waals surface area contributed by atoms with Crippen molar-refractivity contribution in [3.63, 3.8) is 0 Å². The summed E-state index contributed by atoms with van der Waals surface area (Å²) >= 11 is 5.93. The Hall–Kier alpha value is -1.48. The molecule has 1 aromatic heterocycles. The standard InChI is InChI=1S/C16H20ClN3/c1-12-10-20(11-13-6-8-14(17)9-7-13)16(18-12)19-15-4-2-3-5-15/h6-10,15H,2-5,11H2,1H3,(H,18,19). The van der Waals surface area contributed by atoms with Crippen LogP contribution in [0.5, 0.6) is 0 Å². The molecule has 0 saturated heterocycles. The van der Waals surface area contributed by atoms with Gasteiger partial charge in [-0.15, -0.1) is 0 Å². The summed E-state index contributed by atoms with van der Waals surface area (Å²) < 4.78 is 2.19. The number of benzene rings is 1. The number of imidazole rings is 1. The summed E-state index contributed by atoms with van der Waals surface area (Å²) in [4.78, 5) is 4.61. The van der Waals surface area contributed by atoms with Gasteiger partial charge in [-0.3, -0.25) is 0 Å². The molecule has 1 aromatic carbocycles. The molecule has 1 aliphatic rings. The van der Waals surface area contributed by atoms with Gasteiger partial charge in [0.15, 0.2) is 0 Å². The molecule has 1 heterocycles. The van der Waals surface area contributed by atoms with Crippen molar-refractivity contribution in [1.29, 1.82) is 0 Å². The Morgan fingerprint density at radius 3 is 2.65 bits per heavy atom. The molecule has 3 nitrogen and oxygen atoms in total. The Bertz CT molecular complexity index is 568. The summed E-state index contributed by atoms with van der Waals surface area (Å²) in [5.74, 6) is 0.990. The van der Waals surface area contributed by atoms with E-state index in [4.69, 9.17) is 11.6 Å². The maximum Gasteiger partial charge on any atom is 0.203 e. The molecule has 1 saturated carbocycles. The second-order valence-electron chi connectivity index (χ2n) is 5.59. The van der Waals surface area contributed by atoms with Gasteiger partial charge < -0.3 is 9.88 Å². The van der Waals surface area contributed by atoms with Crippen molar-refractivity contribution < 1.29 is 0 Å². The van der Waals surface area contributed by atoms with E-state index in [1.807, 2.05) is 19.1 Å². The number of hydrogen-bond donors (Lipinski definition) is 1. The Morgan fingerprint density at radius 1 is 1.25 bits per heavy atom. The van der Waals surface area contributed by atoms with Crippen LogP contribution in [0.1, 0.15) is 36.9 Å². The topological polar surface area (TPSA) is 29.9 Å². The van der Waals surface area contributed by atoms with Crippen LogP contribution in [0.25, 0.3) is 0 Å². The second-order valence-corrected chi connectivity index (χ2v) is 6.02. The Kier molecular flexibility index (Phi) is 3.97. The maximum atomic E-state index is 5.93. The number of nitrogens with zero attached hydrogens (tertiary/aromatic N) is 2. The fourth-order valence-electron chi connectivity index (χ4n) is 2.82. The number of aryl methyl sites for hydroxylation is 1. The van der Waals surface area contributed by atoms with Crippen molar-refractivity contribution in [2.75, 3.05) is 5.32 Å². The molecule has 20 heavy (non-hydrogen) atoms. The maximum absolute atomic E-state index is 5.93. The van der Waals surface area contributed by atoms with Gasteiger partial charge in [-0.05, 0) is 37.5 Å².